The third-order valence-electron chi connectivity index (χ3n) is 3.54. The van der Waals surface area contributed by atoms with Crippen LogP contribution in [0.3, 0.4) is 0 Å². The highest BCUT2D eigenvalue weighted by atomic mass is 16.2. The van der Waals surface area contributed by atoms with Gasteiger partial charge < -0.3 is 21.7 Å². The Morgan fingerprint density at radius 3 is 2.38 bits per heavy atom. The highest BCUT2D eigenvalue weighted by Crippen LogP contribution is 2.16. The Balaban J connectivity index is 1.93. The molecule has 0 radical (unpaired) electrons. The Labute approximate surface area is 152 Å². The minimum atomic E-state index is -0.607. The highest BCUT2D eigenvalue weighted by Gasteiger charge is 2.10. The molecule has 26 heavy (non-hydrogen) atoms. The molecule has 0 bridgehead atoms. The van der Waals surface area contributed by atoms with Gasteiger partial charge in [-0.15, -0.1) is 0 Å². The van der Waals surface area contributed by atoms with Crippen molar-refractivity contribution in [2.45, 2.75) is 19.8 Å². The number of nitrogens with two attached hydrogens (primary N) is 1. The van der Waals surface area contributed by atoms with Crippen molar-refractivity contribution in [1.29, 1.82) is 0 Å². The molecule has 136 valence electrons. The van der Waals surface area contributed by atoms with Gasteiger partial charge in [-0.25, -0.2) is 0 Å². The van der Waals surface area contributed by atoms with Gasteiger partial charge in [0.15, 0.2) is 0 Å². The van der Waals surface area contributed by atoms with E-state index in [1.54, 1.807) is 48.5 Å². The zero-order valence-electron chi connectivity index (χ0n) is 14.5. The molecule has 0 saturated heterocycles. The van der Waals surface area contributed by atoms with E-state index in [0.29, 0.717) is 23.5 Å². The quantitative estimate of drug-likeness (QED) is 0.583. The molecule has 0 saturated carbocycles. The number of carbonyl (C=O) groups is 3. The van der Waals surface area contributed by atoms with E-state index in [4.69, 9.17) is 5.73 Å². The molecule has 2 rings (SSSR count). The van der Waals surface area contributed by atoms with Gasteiger partial charge in [0, 0.05) is 17.8 Å². The second-order valence-corrected chi connectivity index (χ2v) is 5.69. The molecule has 0 heterocycles. The summed E-state index contributed by atoms with van der Waals surface area (Å²) in [5.41, 5.74) is 7.26. The molecule has 0 aliphatic carbocycles. The lowest BCUT2D eigenvalue weighted by molar-refractivity contribution is -0.116. The largest absolute Gasteiger partial charge is 0.376 e. The first-order valence-corrected chi connectivity index (χ1v) is 8.32. The average molecular weight is 354 g/mol. The fraction of sp³-hybridized carbons (Fsp3) is 0.211. The van der Waals surface area contributed by atoms with Crippen LogP contribution in [0.15, 0.2) is 48.5 Å². The maximum atomic E-state index is 12.1. The monoisotopic (exact) mass is 354 g/mol. The molecule has 3 amide bonds. The Hall–Kier alpha value is -3.35. The summed E-state index contributed by atoms with van der Waals surface area (Å²) in [4.78, 5) is 35.1. The molecular weight excluding hydrogens is 332 g/mol. The lowest BCUT2D eigenvalue weighted by atomic mass is 10.1. The molecule has 0 spiro atoms. The fourth-order valence-electron chi connectivity index (χ4n) is 2.34. The van der Waals surface area contributed by atoms with Gasteiger partial charge in [0.25, 0.3) is 5.91 Å². The van der Waals surface area contributed by atoms with Gasteiger partial charge in [0.1, 0.15) is 0 Å². The zero-order chi connectivity index (χ0) is 18.9. The summed E-state index contributed by atoms with van der Waals surface area (Å²) in [6, 6.07) is 13.6. The average Bonchev–Trinajstić information content (AvgIpc) is 2.61. The van der Waals surface area contributed by atoms with Crippen LogP contribution in [0, 0.1) is 0 Å². The van der Waals surface area contributed by atoms with Crippen LogP contribution in [-0.2, 0) is 9.59 Å². The van der Waals surface area contributed by atoms with Crippen LogP contribution in [0.5, 0.6) is 0 Å². The smallest absolute Gasteiger partial charge is 0.250 e. The van der Waals surface area contributed by atoms with E-state index in [0.717, 1.165) is 6.42 Å². The summed E-state index contributed by atoms with van der Waals surface area (Å²) in [6.07, 6.45) is 1.23. The summed E-state index contributed by atoms with van der Waals surface area (Å²) in [5, 5.41) is 8.43. The predicted molar refractivity (Wildman–Crippen MR) is 102 cm³/mol. The van der Waals surface area contributed by atoms with Gasteiger partial charge in [-0.2, -0.15) is 0 Å². The topological polar surface area (TPSA) is 113 Å². The Morgan fingerprint density at radius 2 is 1.65 bits per heavy atom. The normalized spacial score (nSPS) is 10.0. The number of amides is 3. The molecule has 0 aromatic heterocycles. The molecule has 2 aromatic carbocycles. The van der Waals surface area contributed by atoms with Crippen LogP contribution in [0.1, 0.15) is 30.1 Å². The first kappa shape index (κ1) is 19.0. The van der Waals surface area contributed by atoms with Gasteiger partial charge in [-0.3, -0.25) is 14.4 Å². The molecule has 0 aliphatic heterocycles. The van der Waals surface area contributed by atoms with E-state index < -0.39 is 5.91 Å². The number of nitrogens with one attached hydrogen (secondary N) is 3. The van der Waals surface area contributed by atoms with Crippen molar-refractivity contribution in [2.75, 3.05) is 22.5 Å². The number of primary amides is 1. The van der Waals surface area contributed by atoms with E-state index in [-0.39, 0.29) is 23.9 Å². The van der Waals surface area contributed by atoms with Crippen LogP contribution >= 0.6 is 0 Å². The van der Waals surface area contributed by atoms with E-state index in [1.807, 2.05) is 6.92 Å². The van der Waals surface area contributed by atoms with Crippen LogP contribution in [0.4, 0.5) is 17.1 Å². The summed E-state index contributed by atoms with van der Waals surface area (Å²) in [5.74, 6) is -0.978. The van der Waals surface area contributed by atoms with E-state index >= 15 is 0 Å². The van der Waals surface area contributed by atoms with Gasteiger partial charge in [-0.1, -0.05) is 25.1 Å². The van der Waals surface area contributed by atoms with Crippen molar-refractivity contribution in [3.8, 4) is 0 Å². The van der Waals surface area contributed by atoms with Gasteiger partial charge in [0.05, 0.1) is 17.8 Å². The van der Waals surface area contributed by atoms with Gasteiger partial charge in [0.2, 0.25) is 11.8 Å². The Morgan fingerprint density at radius 1 is 0.923 bits per heavy atom. The number of benzene rings is 2. The molecule has 5 N–H and O–H groups in total. The summed E-state index contributed by atoms with van der Waals surface area (Å²) in [7, 11) is 0. The SMILES string of the molecule is CCCC(=O)Nc1cccc(NCC(=O)Nc2ccccc2C(N)=O)c1. The van der Waals surface area contributed by atoms with Gasteiger partial charge >= 0.3 is 0 Å². The number of rotatable bonds is 8. The van der Waals surface area contributed by atoms with Crippen LogP contribution in [-0.4, -0.2) is 24.3 Å². The molecular formula is C19H22N4O3. The minimum absolute atomic E-state index is 0.000540. The van der Waals surface area contributed by atoms with E-state index in [9.17, 15) is 14.4 Å². The number of hydrogen-bond acceptors (Lipinski definition) is 4. The molecule has 7 nitrogen and oxygen atoms in total. The molecule has 0 fully saturated rings. The minimum Gasteiger partial charge on any atom is -0.376 e. The van der Waals surface area contributed by atoms with Crippen LogP contribution in [0.25, 0.3) is 0 Å². The predicted octanol–water partition coefficient (Wildman–Crippen LogP) is 2.57. The summed E-state index contributed by atoms with van der Waals surface area (Å²) >= 11 is 0. The van der Waals surface area contributed by atoms with Crippen molar-refractivity contribution in [1.82, 2.24) is 0 Å². The molecule has 7 heteroatoms. The summed E-state index contributed by atoms with van der Waals surface area (Å²) < 4.78 is 0. The number of hydrogen-bond donors (Lipinski definition) is 4. The lowest BCUT2D eigenvalue weighted by Gasteiger charge is -2.11. The third-order valence-corrected chi connectivity index (χ3v) is 3.54. The van der Waals surface area contributed by atoms with Crippen LogP contribution < -0.4 is 21.7 Å². The molecule has 2 aromatic rings. The van der Waals surface area contributed by atoms with Gasteiger partial charge in [-0.05, 0) is 36.8 Å². The second-order valence-electron chi connectivity index (χ2n) is 5.69. The van der Waals surface area contributed by atoms with Crippen LogP contribution in [0.2, 0.25) is 0 Å². The van der Waals surface area contributed by atoms with Crippen molar-refractivity contribution in [3.05, 3.63) is 54.1 Å². The first-order chi connectivity index (χ1) is 12.5. The Bertz CT molecular complexity index is 805. The number of carbonyl (C=O) groups excluding carboxylic acids is 3. The highest BCUT2D eigenvalue weighted by molar-refractivity contribution is 6.03. The van der Waals surface area contributed by atoms with Crippen molar-refractivity contribution in [3.63, 3.8) is 0 Å². The fourth-order valence-corrected chi connectivity index (χ4v) is 2.34. The van der Waals surface area contributed by atoms with Crippen molar-refractivity contribution >= 4 is 34.8 Å². The number of para-hydroxylation sites is 1. The second kappa shape index (κ2) is 9.22. The van der Waals surface area contributed by atoms with E-state index in [2.05, 4.69) is 16.0 Å². The van der Waals surface area contributed by atoms with Crippen molar-refractivity contribution in [2.24, 2.45) is 5.73 Å². The standard InChI is InChI=1S/C19H22N4O3/c1-2-6-17(24)22-14-8-5-7-13(11-14)21-12-18(25)23-16-10-4-3-9-15(16)19(20)26/h3-5,7-11,21H,2,6,12H2,1H3,(H2,20,26)(H,22,24)(H,23,25). The summed E-state index contributed by atoms with van der Waals surface area (Å²) in [6.45, 7) is 1.94. The number of anilines is 3. The maximum Gasteiger partial charge on any atom is 0.250 e. The maximum absolute atomic E-state index is 12.1. The molecule has 0 unspecified atom stereocenters. The first-order valence-electron chi connectivity index (χ1n) is 8.32. The molecule has 0 atom stereocenters. The Kier molecular flexibility index (Phi) is 6.73. The third kappa shape index (κ3) is 5.62. The lowest BCUT2D eigenvalue weighted by Crippen LogP contribution is -2.24. The van der Waals surface area contributed by atoms with Crippen molar-refractivity contribution < 1.29 is 14.4 Å². The zero-order valence-corrected chi connectivity index (χ0v) is 14.5. The molecule has 0 aliphatic rings. The van der Waals surface area contributed by atoms with E-state index in [1.165, 1.54) is 0 Å².